The van der Waals surface area contributed by atoms with E-state index in [1.807, 2.05) is 0 Å². The second-order valence-electron chi connectivity index (χ2n) is 2.34. The molecular weight excluding hydrogens is 174 g/mol. The summed E-state index contributed by atoms with van der Waals surface area (Å²) in [5, 5.41) is 0. The first-order chi connectivity index (χ1) is 6.07. The standard InChI is InChI=1S/C8H13NO4/c1-6(2)8(11)12-5-4-7(10)13-9-3/h9H,1,4-5H2,2-3H3. The van der Waals surface area contributed by atoms with E-state index >= 15 is 0 Å². The SMILES string of the molecule is C=C(C)C(=O)OCCC(=O)ONC. The van der Waals surface area contributed by atoms with Crippen LogP contribution < -0.4 is 5.48 Å². The Morgan fingerprint density at radius 2 is 2.08 bits per heavy atom. The minimum atomic E-state index is -0.503. The van der Waals surface area contributed by atoms with Gasteiger partial charge in [0.15, 0.2) is 0 Å². The van der Waals surface area contributed by atoms with Gasteiger partial charge in [-0.15, -0.1) is 0 Å². The van der Waals surface area contributed by atoms with Crippen molar-refractivity contribution in [1.82, 2.24) is 5.48 Å². The quantitative estimate of drug-likeness (QED) is 0.377. The number of carbonyl (C=O) groups excluding carboxylic acids is 2. The molecule has 0 atom stereocenters. The van der Waals surface area contributed by atoms with E-state index in [1.165, 1.54) is 14.0 Å². The maximum atomic E-state index is 10.8. The number of hydrogen-bond donors (Lipinski definition) is 1. The van der Waals surface area contributed by atoms with E-state index < -0.39 is 11.9 Å². The second-order valence-corrected chi connectivity index (χ2v) is 2.34. The third-order valence-corrected chi connectivity index (χ3v) is 1.10. The normalized spacial score (nSPS) is 9.08. The first-order valence-corrected chi connectivity index (χ1v) is 3.77. The van der Waals surface area contributed by atoms with Crippen LogP contribution in [0.5, 0.6) is 0 Å². The highest BCUT2D eigenvalue weighted by Gasteiger charge is 2.06. The minimum Gasteiger partial charge on any atom is -0.462 e. The largest absolute Gasteiger partial charge is 0.462 e. The molecular formula is C8H13NO4. The molecule has 0 amide bonds. The van der Waals surface area contributed by atoms with E-state index in [2.05, 4.69) is 21.6 Å². The summed E-state index contributed by atoms with van der Waals surface area (Å²) in [6.07, 6.45) is 0.0276. The molecule has 0 aromatic carbocycles. The molecule has 0 bridgehead atoms. The molecule has 0 unspecified atom stereocenters. The average Bonchev–Trinajstić information content (AvgIpc) is 2.04. The number of hydroxylamine groups is 1. The maximum Gasteiger partial charge on any atom is 0.333 e. The zero-order valence-electron chi connectivity index (χ0n) is 7.75. The van der Waals surface area contributed by atoms with Gasteiger partial charge in [-0.2, -0.15) is 5.48 Å². The summed E-state index contributed by atoms with van der Waals surface area (Å²) in [7, 11) is 1.47. The molecule has 0 aromatic rings. The van der Waals surface area contributed by atoms with E-state index in [1.54, 1.807) is 0 Å². The van der Waals surface area contributed by atoms with Crippen molar-refractivity contribution in [1.29, 1.82) is 0 Å². The molecule has 1 N–H and O–H groups in total. The van der Waals surface area contributed by atoms with Gasteiger partial charge in [0.25, 0.3) is 0 Å². The fraction of sp³-hybridized carbons (Fsp3) is 0.500. The van der Waals surface area contributed by atoms with Crippen LogP contribution in [0.1, 0.15) is 13.3 Å². The fourth-order valence-corrected chi connectivity index (χ4v) is 0.515. The summed E-state index contributed by atoms with van der Waals surface area (Å²) in [4.78, 5) is 25.9. The van der Waals surface area contributed by atoms with Crippen molar-refractivity contribution in [2.75, 3.05) is 13.7 Å². The molecule has 0 aliphatic carbocycles. The van der Waals surface area contributed by atoms with Gasteiger partial charge in [0.1, 0.15) is 6.61 Å². The lowest BCUT2D eigenvalue weighted by Crippen LogP contribution is -2.17. The van der Waals surface area contributed by atoms with Crippen molar-refractivity contribution in [3.8, 4) is 0 Å². The van der Waals surface area contributed by atoms with Gasteiger partial charge < -0.3 is 9.57 Å². The first-order valence-electron chi connectivity index (χ1n) is 3.77. The topological polar surface area (TPSA) is 64.6 Å². The third kappa shape index (κ3) is 5.86. The van der Waals surface area contributed by atoms with Crippen molar-refractivity contribution in [3.63, 3.8) is 0 Å². The zero-order valence-corrected chi connectivity index (χ0v) is 7.75. The highest BCUT2D eigenvalue weighted by atomic mass is 16.7. The van der Waals surface area contributed by atoms with Crippen LogP contribution in [-0.2, 0) is 19.2 Å². The van der Waals surface area contributed by atoms with Crippen LogP contribution in [0.15, 0.2) is 12.2 Å². The Bertz CT molecular complexity index is 212. The molecule has 0 saturated carbocycles. The van der Waals surface area contributed by atoms with Crippen LogP contribution in [0.3, 0.4) is 0 Å². The predicted octanol–water partition coefficient (Wildman–Crippen LogP) is 0.173. The maximum absolute atomic E-state index is 10.8. The summed E-state index contributed by atoms with van der Waals surface area (Å²) < 4.78 is 4.65. The van der Waals surface area contributed by atoms with Gasteiger partial charge in [-0.3, -0.25) is 4.79 Å². The summed E-state index contributed by atoms with van der Waals surface area (Å²) in [5.41, 5.74) is 2.53. The average molecular weight is 187 g/mol. The van der Waals surface area contributed by atoms with E-state index in [0.29, 0.717) is 5.57 Å². The predicted molar refractivity (Wildman–Crippen MR) is 45.5 cm³/mol. The van der Waals surface area contributed by atoms with E-state index in [0.717, 1.165) is 0 Å². The fourth-order valence-electron chi connectivity index (χ4n) is 0.515. The Balaban J connectivity index is 3.50. The number of esters is 1. The molecule has 5 nitrogen and oxygen atoms in total. The lowest BCUT2D eigenvalue weighted by atomic mass is 10.4. The smallest absolute Gasteiger partial charge is 0.333 e. The van der Waals surface area contributed by atoms with Crippen molar-refractivity contribution >= 4 is 11.9 Å². The number of rotatable bonds is 5. The van der Waals surface area contributed by atoms with Crippen molar-refractivity contribution in [2.45, 2.75) is 13.3 Å². The number of hydrogen-bond acceptors (Lipinski definition) is 5. The number of nitrogens with one attached hydrogen (secondary N) is 1. The lowest BCUT2D eigenvalue weighted by molar-refractivity contribution is -0.152. The van der Waals surface area contributed by atoms with Crippen LogP contribution >= 0.6 is 0 Å². The van der Waals surface area contributed by atoms with E-state index in [4.69, 9.17) is 0 Å². The van der Waals surface area contributed by atoms with E-state index in [9.17, 15) is 9.59 Å². The molecule has 0 spiro atoms. The number of carbonyl (C=O) groups is 2. The zero-order chi connectivity index (χ0) is 10.3. The Labute approximate surface area is 76.7 Å². The van der Waals surface area contributed by atoms with Gasteiger partial charge in [0.2, 0.25) is 0 Å². The number of ether oxygens (including phenoxy) is 1. The molecule has 0 aliphatic rings. The molecule has 0 saturated heterocycles. The monoisotopic (exact) mass is 187 g/mol. The Morgan fingerprint density at radius 1 is 1.46 bits per heavy atom. The Hall–Kier alpha value is -1.36. The van der Waals surface area contributed by atoms with Gasteiger partial charge in [0, 0.05) is 12.6 Å². The molecule has 0 aliphatic heterocycles. The molecule has 0 rings (SSSR count). The summed E-state index contributed by atoms with van der Waals surface area (Å²) >= 11 is 0. The van der Waals surface area contributed by atoms with Crippen LogP contribution in [0.2, 0.25) is 0 Å². The minimum absolute atomic E-state index is 0.00616. The molecule has 0 radical (unpaired) electrons. The summed E-state index contributed by atoms with van der Waals surface area (Å²) in [5.74, 6) is -0.978. The van der Waals surface area contributed by atoms with E-state index in [-0.39, 0.29) is 13.0 Å². The van der Waals surface area contributed by atoms with Gasteiger partial charge in [0.05, 0.1) is 6.42 Å². The lowest BCUT2D eigenvalue weighted by Gasteiger charge is -2.03. The molecule has 74 valence electrons. The van der Waals surface area contributed by atoms with Crippen molar-refractivity contribution in [3.05, 3.63) is 12.2 Å². The molecule has 13 heavy (non-hydrogen) atoms. The third-order valence-electron chi connectivity index (χ3n) is 1.10. The van der Waals surface area contributed by atoms with Crippen molar-refractivity contribution in [2.24, 2.45) is 0 Å². The van der Waals surface area contributed by atoms with Crippen LogP contribution in [-0.4, -0.2) is 25.6 Å². The highest BCUT2D eigenvalue weighted by Crippen LogP contribution is 1.93. The summed E-state index contributed by atoms with van der Waals surface area (Å²) in [6, 6.07) is 0. The van der Waals surface area contributed by atoms with Crippen LogP contribution in [0, 0.1) is 0 Å². The second kappa shape index (κ2) is 6.19. The molecule has 5 heteroatoms. The highest BCUT2D eigenvalue weighted by molar-refractivity contribution is 5.87. The molecule has 0 aromatic heterocycles. The molecule has 0 fully saturated rings. The summed E-state index contributed by atoms with van der Waals surface area (Å²) in [6.45, 7) is 4.93. The van der Waals surface area contributed by atoms with Crippen molar-refractivity contribution < 1.29 is 19.2 Å². The van der Waals surface area contributed by atoms with Gasteiger partial charge in [-0.25, -0.2) is 4.79 Å². The van der Waals surface area contributed by atoms with Gasteiger partial charge >= 0.3 is 11.9 Å². The van der Waals surface area contributed by atoms with Crippen LogP contribution in [0.4, 0.5) is 0 Å². The first kappa shape index (κ1) is 11.6. The van der Waals surface area contributed by atoms with Crippen LogP contribution in [0.25, 0.3) is 0 Å². The van der Waals surface area contributed by atoms with Gasteiger partial charge in [-0.05, 0) is 6.92 Å². The Morgan fingerprint density at radius 3 is 2.54 bits per heavy atom. The molecule has 0 heterocycles. The Kier molecular flexibility index (Phi) is 5.54. The van der Waals surface area contributed by atoms with Gasteiger partial charge in [-0.1, -0.05) is 6.58 Å².